The van der Waals surface area contributed by atoms with Crippen LogP contribution in [-0.4, -0.2) is 36.9 Å². The molecule has 3 aromatic carbocycles. The highest BCUT2D eigenvalue weighted by Gasteiger charge is 2.12. The van der Waals surface area contributed by atoms with Gasteiger partial charge in [0, 0.05) is 24.7 Å². The molecule has 0 atom stereocenters. The van der Waals surface area contributed by atoms with Gasteiger partial charge in [0.2, 0.25) is 0 Å². The summed E-state index contributed by atoms with van der Waals surface area (Å²) < 4.78 is 24.0. The van der Waals surface area contributed by atoms with Crippen LogP contribution in [0.25, 0.3) is 0 Å². The van der Waals surface area contributed by atoms with Crippen molar-refractivity contribution in [3.63, 3.8) is 0 Å². The fourth-order valence-corrected chi connectivity index (χ4v) is 2.95. The van der Waals surface area contributed by atoms with Crippen LogP contribution in [0.3, 0.4) is 0 Å². The molecule has 160 valence electrons. The lowest BCUT2D eigenvalue weighted by Crippen LogP contribution is -2.30. The van der Waals surface area contributed by atoms with Crippen molar-refractivity contribution in [1.29, 1.82) is 0 Å². The van der Waals surface area contributed by atoms with Crippen LogP contribution in [0.15, 0.2) is 72.8 Å². The second-order valence-corrected chi connectivity index (χ2v) is 6.98. The Morgan fingerprint density at radius 3 is 1.90 bits per heavy atom. The summed E-state index contributed by atoms with van der Waals surface area (Å²) in [5.41, 5.74) is 1.85. The lowest BCUT2D eigenvalue weighted by molar-refractivity contribution is -0.132. The summed E-state index contributed by atoms with van der Waals surface area (Å²) in [7, 11) is 1.71. The van der Waals surface area contributed by atoms with Gasteiger partial charge in [-0.25, -0.2) is 4.39 Å². The number of halogens is 1. The molecule has 1 amide bonds. The van der Waals surface area contributed by atoms with Crippen molar-refractivity contribution in [3.8, 4) is 11.5 Å². The average Bonchev–Trinajstić information content (AvgIpc) is 2.79. The predicted octanol–water partition coefficient (Wildman–Crippen LogP) is 4.49. The largest absolute Gasteiger partial charge is 0.494 e. The Bertz CT molecular complexity index is 1010. The molecule has 0 N–H and O–H groups in total. The number of hydrogen-bond acceptors (Lipinski definition) is 4. The molecule has 0 aliphatic heterocycles. The van der Waals surface area contributed by atoms with E-state index in [0.29, 0.717) is 30.0 Å². The van der Waals surface area contributed by atoms with Gasteiger partial charge in [0.25, 0.3) is 5.91 Å². The normalized spacial score (nSPS) is 10.4. The number of ketones is 1. The predicted molar refractivity (Wildman–Crippen MR) is 116 cm³/mol. The van der Waals surface area contributed by atoms with E-state index in [9.17, 15) is 14.0 Å². The van der Waals surface area contributed by atoms with Crippen LogP contribution in [0.1, 0.15) is 28.4 Å². The number of carbonyl (C=O) groups is 2. The summed E-state index contributed by atoms with van der Waals surface area (Å²) in [5.74, 6) is 0.513. The van der Waals surface area contributed by atoms with E-state index >= 15 is 0 Å². The molecule has 0 saturated carbocycles. The van der Waals surface area contributed by atoms with Crippen molar-refractivity contribution in [2.75, 3.05) is 20.3 Å². The smallest absolute Gasteiger partial charge is 0.260 e. The Morgan fingerprint density at radius 2 is 1.32 bits per heavy atom. The van der Waals surface area contributed by atoms with Gasteiger partial charge in [-0.05, 0) is 73.2 Å². The summed E-state index contributed by atoms with van der Waals surface area (Å²) in [5, 5.41) is 0. The summed E-state index contributed by atoms with van der Waals surface area (Å²) in [4.78, 5) is 26.4. The Balaban J connectivity index is 1.51. The number of hydrogen-bond donors (Lipinski definition) is 0. The van der Waals surface area contributed by atoms with Gasteiger partial charge >= 0.3 is 0 Å². The van der Waals surface area contributed by atoms with Crippen LogP contribution in [0, 0.1) is 5.82 Å². The second-order valence-electron chi connectivity index (χ2n) is 6.98. The summed E-state index contributed by atoms with van der Waals surface area (Å²) >= 11 is 0. The first kappa shape index (κ1) is 22.0. The zero-order valence-electron chi connectivity index (χ0n) is 17.5. The standard InChI is InChI=1S/C25H24FNO4/c1-3-30-22-12-4-18(5-13-22)16-27(2)24(28)17-31-23-14-8-20(9-15-23)25(29)19-6-10-21(26)11-7-19/h4-15H,3,16-17H2,1-2H3. The van der Waals surface area contributed by atoms with Crippen molar-refractivity contribution in [3.05, 3.63) is 95.3 Å². The molecule has 3 rings (SSSR count). The summed E-state index contributed by atoms with van der Waals surface area (Å²) in [6.45, 7) is 2.88. The molecule has 0 unspecified atom stereocenters. The van der Waals surface area contributed by atoms with Crippen molar-refractivity contribution in [1.82, 2.24) is 4.90 Å². The van der Waals surface area contributed by atoms with Crippen LogP contribution in [0.2, 0.25) is 0 Å². The number of carbonyl (C=O) groups excluding carboxylic acids is 2. The highest BCUT2D eigenvalue weighted by Crippen LogP contribution is 2.17. The van der Waals surface area contributed by atoms with Gasteiger partial charge in [0.15, 0.2) is 12.4 Å². The second kappa shape index (κ2) is 10.4. The van der Waals surface area contributed by atoms with Crippen LogP contribution in [0.5, 0.6) is 11.5 Å². The fraction of sp³-hybridized carbons (Fsp3) is 0.200. The van der Waals surface area contributed by atoms with Crippen LogP contribution in [0.4, 0.5) is 4.39 Å². The van der Waals surface area contributed by atoms with Crippen molar-refractivity contribution < 1.29 is 23.5 Å². The molecule has 0 aliphatic carbocycles. The van der Waals surface area contributed by atoms with Gasteiger partial charge in [-0.2, -0.15) is 0 Å². The van der Waals surface area contributed by atoms with Crippen molar-refractivity contribution >= 4 is 11.7 Å². The summed E-state index contributed by atoms with van der Waals surface area (Å²) in [6, 6.07) is 19.5. The highest BCUT2D eigenvalue weighted by atomic mass is 19.1. The molecule has 0 spiro atoms. The van der Waals surface area contributed by atoms with Gasteiger partial charge in [-0.15, -0.1) is 0 Å². The molecule has 0 heterocycles. The van der Waals surface area contributed by atoms with Crippen molar-refractivity contribution in [2.45, 2.75) is 13.5 Å². The molecule has 5 nitrogen and oxygen atoms in total. The summed E-state index contributed by atoms with van der Waals surface area (Å²) in [6.07, 6.45) is 0. The zero-order valence-corrected chi connectivity index (χ0v) is 17.5. The number of rotatable bonds is 9. The number of likely N-dealkylation sites (N-methyl/N-ethyl adjacent to an activating group) is 1. The maximum Gasteiger partial charge on any atom is 0.260 e. The average molecular weight is 421 g/mol. The van der Waals surface area contributed by atoms with E-state index in [-0.39, 0.29) is 18.3 Å². The molecule has 0 saturated heterocycles. The van der Waals surface area contributed by atoms with Gasteiger partial charge in [0.1, 0.15) is 17.3 Å². The third-order valence-electron chi connectivity index (χ3n) is 4.67. The number of amides is 1. The Labute approximate surface area is 181 Å². The third-order valence-corrected chi connectivity index (χ3v) is 4.67. The van der Waals surface area contributed by atoms with Crippen LogP contribution >= 0.6 is 0 Å². The number of nitrogens with zero attached hydrogens (tertiary/aromatic N) is 1. The van der Waals surface area contributed by atoms with E-state index in [4.69, 9.17) is 9.47 Å². The molecule has 0 aromatic heterocycles. The number of benzene rings is 3. The minimum Gasteiger partial charge on any atom is -0.494 e. The van der Waals surface area contributed by atoms with Crippen LogP contribution in [-0.2, 0) is 11.3 Å². The number of ether oxygens (including phenoxy) is 2. The van der Waals surface area contributed by atoms with E-state index in [1.165, 1.54) is 24.3 Å². The van der Waals surface area contributed by atoms with Crippen LogP contribution < -0.4 is 9.47 Å². The Morgan fingerprint density at radius 1 is 0.806 bits per heavy atom. The fourth-order valence-electron chi connectivity index (χ4n) is 2.95. The third kappa shape index (κ3) is 6.15. The Hall–Kier alpha value is -3.67. The van der Waals surface area contributed by atoms with E-state index in [0.717, 1.165) is 11.3 Å². The highest BCUT2D eigenvalue weighted by molar-refractivity contribution is 6.09. The minimum absolute atomic E-state index is 0.112. The maximum atomic E-state index is 13.0. The monoisotopic (exact) mass is 421 g/mol. The lowest BCUT2D eigenvalue weighted by Gasteiger charge is -2.18. The quantitative estimate of drug-likeness (QED) is 0.478. The van der Waals surface area contributed by atoms with Gasteiger partial charge in [-0.1, -0.05) is 12.1 Å². The zero-order chi connectivity index (χ0) is 22.2. The van der Waals surface area contributed by atoms with E-state index in [2.05, 4.69) is 0 Å². The molecule has 0 bridgehead atoms. The molecular weight excluding hydrogens is 397 g/mol. The van der Waals surface area contributed by atoms with Crippen molar-refractivity contribution in [2.24, 2.45) is 0 Å². The van der Waals surface area contributed by atoms with Gasteiger partial charge in [-0.3, -0.25) is 9.59 Å². The van der Waals surface area contributed by atoms with Gasteiger partial charge < -0.3 is 14.4 Å². The molecule has 6 heteroatoms. The van der Waals surface area contributed by atoms with Gasteiger partial charge in [0.05, 0.1) is 6.61 Å². The maximum absolute atomic E-state index is 13.0. The minimum atomic E-state index is -0.391. The molecule has 3 aromatic rings. The van der Waals surface area contributed by atoms with E-state index in [1.807, 2.05) is 31.2 Å². The molecule has 31 heavy (non-hydrogen) atoms. The first-order valence-electron chi connectivity index (χ1n) is 9.95. The first-order valence-corrected chi connectivity index (χ1v) is 9.95. The SMILES string of the molecule is CCOc1ccc(CN(C)C(=O)COc2ccc(C(=O)c3ccc(F)cc3)cc2)cc1. The van der Waals surface area contributed by atoms with E-state index < -0.39 is 5.82 Å². The first-order chi connectivity index (χ1) is 15.0. The van der Waals surface area contributed by atoms with E-state index in [1.54, 1.807) is 36.2 Å². The lowest BCUT2D eigenvalue weighted by atomic mass is 10.0. The molecule has 0 radical (unpaired) electrons. The molecule has 0 fully saturated rings. The molecule has 0 aliphatic rings. The topological polar surface area (TPSA) is 55.8 Å². The Kier molecular flexibility index (Phi) is 7.38. The molecular formula is C25H24FNO4.